The summed E-state index contributed by atoms with van der Waals surface area (Å²) >= 11 is 0. The number of carbonyl (C=O) groups excluding carboxylic acids is 2. The molecule has 1 amide bonds. The van der Waals surface area contributed by atoms with Crippen molar-refractivity contribution >= 4 is 17.8 Å². The molecule has 3 rings (SSSR count). The summed E-state index contributed by atoms with van der Waals surface area (Å²) in [6.45, 7) is 5.56. The first-order chi connectivity index (χ1) is 14.2. The fourth-order valence-electron chi connectivity index (χ4n) is 3.16. The van der Waals surface area contributed by atoms with Crippen LogP contribution in [0.25, 0.3) is 0 Å². The number of oxime groups is 1. The molecule has 0 aliphatic carbocycles. The predicted molar refractivity (Wildman–Crippen MR) is 109 cm³/mol. The average molecular weight is 414 g/mol. The van der Waals surface area contributed by atoms with Crippen LogP contribution < -0.4 is 0 Å². The SMILES string of the molecule is COC(=O)C1c2c(cnn2C)/C(=N/OCc2ccccc2)CN1C(=O)OC(C)(C)C. The fraction of sp³-hybridized carbons (Fsp3) is 0.429. The van der Waals surface area contributed by atoms with Gasteiger partial charge in [0, 0.05) is 12.6 Å². The molecule has 1 aromatic heterocycles. The zero-order chi connectivity index (χ0) is 21.9. The minimum absolute atomic E-state index is 0.0160. The summed E-state index contributed by atoms with van der Waals surface area (Å²) in [6.07, 6.45) is 0.947. The molecule has 0 fully saturated rings. The Morgan fingerprint density at radius 2 is 1.93 bits per heavy atom. The van der Waals surface area contributed by atoms with Gasteiger partial charge in [-0.3, -0.25) is 9.58 Å². The number of benzene rings is 1. The molecule has 1 atom stereocenters. The topological polar surface area (TPSA) is 95.2 Å². The molecular weight excluding hydrogens is 388 g/mol. The van der Waals surface area contributed by atoms with E-state index in [1.165, 1.54) is 16.7 Å². The minimum Gasteiger partial charge on any atom is -0.467 e. The summed E-state index contributed by atoms with van der Waals surface area (Å²) < 4.78 is 12.0. The van der Waals surface area contributed by atoms with E-state index in [0.29, 0.717) is 17.0 Å². The number of amides is 1. The highest BCUT2D eigenvalue weighted by Gasteiger charge is 2.43. The number of rotatable bonds is 4. The van der Waals surface area contributed by atoms with Crippen LogP contribution in [-0.4, -0.2) is 51.7 Å². The highest BCUT2D eigenvalue weighted by Crippen LogP contribution is 2.32. The number of carbonyl (C=O) groups is 2. The van der Waals surface area contributed by atoms with Crippen LogP contribution in [0, 0.1) is 0 Å². The van der Waals surface area contributed by atoms with Gasteiger partial charge in [-0.2, -0.15) is 5.10 Å². The number of hydrogen-bond donors (Lipinski definition) is 0. The number of ether oxygens (including phenoxy) is 2. The first-order valence-corrected chi connectivity index (χ1v) is 9.53. The van der Waals surface area contributed by atoms with Crippen molar-refractivity contribution in [2.24, 2.45) is 12.2 Å². The molecular formula is C21H26N4O5. The predicted octanol–water partition coefficient (Wildman–Crippen LogP) is 2.81. The molecule has 2 heterocycles. The van der Waals surface area contributed by atoms with E-state index in [0.717, 1.165) is 5.56 Å². The third-order valence-electron chi connectivity index (χ3n) is 4.49. The molecule has 1 aliphatic rings. The maximum absolute atomic E-state index is 12.9. The lowest BCUT2D eigenvalue weighted by molar-refractivity contribution is -0.147. The lowest BCUT2D eigenvalue weighted by Crippen LogP contribution is -2.49. The minimum atomic E-state index is -1.000. The Bertz CT molecular complexity index is 946. The molecule has 1 aliphatic heterocycles. The molecule has 0 saturated heterocycles. The molecule has 30 heavy (non-hydrogen) atoms. The van der Waals surface area contributed by atoms with E-state index in [2.05, 4.69) is 10.3 Å². The Morgan fingerprint density at radius 1 is 1.23 bits per heavy atom. The van der Waals surface area contributed by atoms with Gasteiger partial charge >= 0.3 is 12.1 Å². The Morgan fingerprint density at radius 3 is 2.57 bits per heavy atom. The van der Waals surface area contributed by atoms with Crippen LogP contribution in [0.2, 0.25) is 0 Å². The summed E-state index contributed by atoms with van der Waals surface area (Å²) in [5.41, 5.74) is 1.81. The molecule has 9 nitrogen and oxygen atoms in total. The maximum atomic E-state index is 12.9. The first-order valence-electron chi connectivity index (χ1n) is 9.53. The van der Waals surface area contributed by atoms with Gasteiger partial charge in [0.25, 0.3) is 0 Å². The molecule has 1 aromatic carbocycles. The highest BCUT2D eigenvalue weighted by atomic mass is 16.6. The quantitative estimate of drug-likeness (QED) is 0.564. The van der Waals surface area contributed by atoms with Gasteiger partial charge in [0.2, 0.25) is 0 Å². The van der Waals surface area contributed by atoms with Crippen molar-refractivity contribution in [2.45, 2.75) is 39.0 Å². The van der Waals surface area contributed by atoms with Gasteiger partial charge in [0.1, 0.15) is 17.9 Å². The average Bonchev–Trinajstić information content (AvgIpc) is 3.08. The van der Waals surface area contributed by atoms with E-state index in [1.807, 2.05) is 30.3 Å². The molecule has 9 heteroatoms. The summed E-state index contributed by atoms with van der Waals surface area (Å²) in [5, 5.41) is 8.49. The Labute approximate surface area is 175 Å². The molecule has 2 aromatic rings. The largest absolute Gasteiger partial charge is 0.467 e. The second-order valence-electron chi connectivity index (χ2n) is 7.90. The van der Waals surface area contributed by atoms with E-state index in [4.69, 9.17) is 14.3 Å². The number of nitrogens with zero attached hydrogens (tertiary/aromatic N) is 4. The third-order valence-corrected chi connectivity index (χ3v) is 4.49. The van der Waals surface area contributed by atoms with E-state index >= 15 is 0 Å². The third kappa shape index (κ3) is 4.61. The molecule has 160 valence electrons. The van der Waals surface area contributed by atoms with Crippen LogP contribution in [0.3, 0.4) is 0 Å². The van der Waals surface area contributed by atoms with Crippen LogP contribution in [0.15, 0.2) is 41.7 Å². The second kappa shape index (κ2) is 8.56. The number of esters is 1. The van der Waals surface area contributed by atoms with Gasteiger partial charge in [-0.1, -0.05) is 35.5 Å². The molecule has 0 saturated carbocycles. The van der Waals surface area contributed by atoms with Crippen LogP contribution in [0.5, 0.6) is 0 Å². The molecule has 0 N–H and O–H groups in total. The molecule has 0 bridgehead atoms. The van der Waals surface area contributed by atoms with Crippen LogP contribution >= 0.6 is 0 Å². The lowest BCUT2D eigenvalue weighted by Gasteiger charge is -2.35. The van der Waals surface area contributed by atoms with Crippen molar-refractivity contribution in [2.75, 3.05) is 13.7 Å². The number of aromatic nitrogens is 2. The standard InChI is InChI=1S/C21H26N4O5/c1-21(2,3)30-20(27)25-12-16(23-29-13-14-9-7-6-8-10-14)15-11-22-24(4)17(15)18(25)19(26)28-5/h6-11,18H,12-13H2,1-5H3/b23-16+. The summed E-state index contributed by atoms with van der Waals surface area (Å²) in [6, 6.07) is 8.60. The van der Waals surface area contributed by atoms with Gasteiger partial charge in [0.05, 0.1) is 25.5 Å². The van der Waals surface area contributed by atoms with Crippen molar-refractivity contribution in [3.05, 3.63) is 53.3 Å². The monoisotopic (exact) mass is 414 g/mol. The molecule has 0 radical (unpaired) electrons. The smallest absolute Gasteiger partial charge is 0.411 e. The van der Waals surface area contributed by atoms with Crippen molar-refractivity contribution in [3.63, 3.8) is 0 Å². The number of fused-ring (bicyclic) bond motifs is 1. The molecule has 1 unspecified atom stereocenters. The second-order valence-corrected chi connectivity index (χ2v) is 7.90. The van der Waals surface area contributed by atoms with E-state index < -0.39 is 23.7 Å². The van der Waals surface area contributed by atoms with E-state index in [1.54, 1.807) is 34.0 Å². The first kappa shape index (κ1) is 21.4. The van der Waals surface area contributed by atoms with Gasteiger partial charge < -0.3 is 14.3 Å². The van der Waals surface area contributed by atoms with Crippen molar-refractivity contribution < 1.29 is 23.9 Å². The van der Waals surface area contributed by atoms with E-state index in [9.17, 15) is 9.59 Å². The summed E-state index contributed by atoms with van der Waals surface area (Å²) in [4.78, 5) is 32.3. The van der Waals surface area contributed by atoms with Gasteiger partial charge in [-0.25, -0.2) is 9.59 Å². The van der Waals surface area contributed by atoms with Crippen molar-refractivity contribution in [1.29, 1.82) is 0 Å². The Hall–Kier alpha value is -3.36. The zero-order valence-corrected chi connectivity index (χ0v) is 17.8. The zero-order valence-electron chi connectivity index (χ0n) is 17.8. The van der Waals surface area contributed by atoms with E-state index in [-0.39, 0.29) is 13.2 Å². The normalized spacial score (nSPS) is 17.4. The molecule has 0 spiro atoms. The van der Waals surface area contributed by atoms with Crippen molar-refractivity contribution in [1.82, 2.24) is 14.7 Å². The van der Waals surface area contributed by atoms with Crippen molar-refractivity contribution in [3.8, 4) is 0 Å². The van der Waals surface area contributed by atoms with Gasteiger partial charge in [-0.15, -0.1) is 0 Å². The van der Waals surface area contributed by atoms with Gasteiger partial charge in [-0.05, 0) is 26.3 Å². The number of aryl methyl sites for hydroxylation is 1. The summed E-state index contributed by atoms with van der Waals surface area (Å²) in [7, 11) is 2.97. The summed E-state index contributed by atoms with van der Waals surface area (Å²) in [5.74, 6) is -0.588. The maximum Gasteiger partial charge on any atom is 0.411 e. The van der Waals surface area contributed by atoms with Crippen LogP contribution in [0.4, 0.5) is 4.79 Å². The lowest BCUT2D eigenvalue weighted by atomic mass is 9.98. The fourth-order valence-corrected chi connectivity index (χ4v) is 3.16. The Kier molecular flexibility index (Phi) is 6.09. The van der Waals surface area contributed by atoms with Crippen LogP contribution in [-0.2, 0) is 32.8 Å². The number of methoxy groups -OCH3 is 1. The van der Waals surface area contributed by atoms with Crippen LogP contribution in [0.1, 0.15) is 43.6 Å². The highest BCUT2D eigenvalue weighted by molar-refractivity contribution is 6.07. The Balaban J connectivity index is 1.95. The number of hydrogen-bond acceptors (Lipinski definition) is 7. The van der Waals surface area contributed by atoms with Gasteiger partial charge in [0.15, 0.2) is 6.04 Å².